The number of thiocarbonyl (C=S) groups is 1. The van der Waals surface area contributed by atoms with Crippen molar-refractivity contribution in [1.82, 2.24) is 4.90 Å². The molecule has 1 fully saturated rings. The number of piperidine rings is 1. The molecule has 0 radical (unpaired) electrons. The minimum atomic E-state index is -0.614. The third-order valence-corrected chi connectivity index (χ3v) is 6.46. The molecule has 1 spiro atoms. The van der Waals surface area contributed by atoms with Crippen LogP contribution >= 0.6 is 23.8 Å². The van der Waals surface area contributed by atoms with Gasteiger partial charge in [0.25, 0.3) is 5.91 Å². The van der Waals surface area contributed by atoms with Crippen LogP contribution in [-0.4, -0.2) is 46.8 Å². The average Bonchev–Trinajstić information content (AvgIpc) is 3.01. The number of carbonyl (C=O) groups excluding carboxylic acids is 1. The largest absolute Gasteiger partial charge is 0.335 e. The monoisotopic (exact) mass is 412 g/mol. The molecule has 28 heavy (non-hydrogen) atoms. The van der Waals surface area contributed by atoms with Crippen molar-refractivity contribution in [2.75, 3.05) is 19.6 Å². The number of halogens is 1. The first-order valence-electron chi connectivity index (χ1n) is 9.68. The lowest BCUT2D eigenvalue weighted by molar-refractivity contribution is -0.904. The molecular weight excluding hydrogens is 390 g/mol. The molecule has 6 heteroatoms. The summed E-state index contributed by atoms with van der Waals surface area (Å²) in [6.45, 7) is 5.21. The summed E-state index contributed by atoms with van der Waals surface area (Å²) in [5, 5.41) is 0.440. The summed E-state index contributed by atoms with van der Waals surface area (Å²) >= 11 is 12.1. The number of carbonyl (C=O) groups is 1. The first-order valence-corrected chi connectivity index (χ1v) is 10.5. The molecule has 2 aromatic carbocycles. The van der Waals surface area contributed by atoms with E-state index >= 15 is 0 Å². The summed E-state index contributed by atoms with van der Waals surface area (Å²) in [7, 11) is 0. The molecule has 1 N–H and O–H groups in total. The van der Waals surface area contributed by atoms with Gasteiger partial charge in [-0.2, -0.15) is 0 Å². The van der Waals surface area contributed by atoms with E-state index in [1.54, 1.807) is 17.0 Å². The van der Waals surface area contributed by atoms with Crippen LogP contribution in [0.15, 0.2) is 59.6 Å². The zero-order valence-corrected chi connectivity index (χ0v) is 17.4. The molecule has 2 aliphatic heterocycles. The summed E-state index contributed by atoms with van der Waals surface area (Å²) in [4.78, 5) is 22.4. The lowest BCUT2D eigenvalue weighted by Gasteiger charge is -2.40. The minimum absolute atomic E-state index is 0.162. The zero-order chi connectivity index (χ0) is 19.7. The number of hydrogen-bond donors (Lipinski definition) is 1. The molecule has 1 amide bonds. The lowest BCUT2D eigenvalue weighted by Crippen LogP contribution is -3.13. The molecule has 1 saturated heterocycles. The maximum absolute atomic E-state index is 13.6. The second-order valence-electron chi connectivity index (χ2n) is 7.34. The van der Waals surface area contributed by atoms with Crippen LogP contribution in [0.3, 0.4) is 0 Å². The second-order valence-corrected chi connectivity index (χ2v) is 8.13. The maximum Gasteiger partial charge on any atom is 0.262 e. The summed E-state index contributed by atoms with van der Waals surface area (Å²) in [5.41, 5.74) is 1.54. The highest BCUT2D eigenvalue weighted by Gasteiger charge is 2.51. The van der Waals surface area contributed by atoms with E-state index in [4.69, 9.17) is 28.8 Å². The van der Waals surface area contributed by atoms with Crippen molar-refractivity contribution in [3.8, 4) is 0 Å². The van der Waals surface area contributed by atoms with Crippen molar-refractivity contribution in [3.63, 3.8) is 0 Å². The smallest absolute Gasteiger partial charge is 0.262 e. The number of amides is 1. The van der Waals surface area contributed by atoms with E-state index in [1.807, 2.05) is 42.5 Å². The molecule has 0 aromatic heterocycles. The van der Waals surface area contributed by atoms with E-state index in [0.717, 1.165) is 43.8 Å². The Morgan fingerprint density at radius 2 is 1.79 bits per heavy atom. The predicted octanol–water partition coefficient (Wildman–Crippen LogP) is 3.01. The number of likely N-dealkylation sites (tertiary alicyclic amines) is 1. The van der Waals surface area contributed by atoms with Crippen molar-refractivity contribution in [2.45, 2.75) is 25.4 Å². The van der Waals surface area contributed by atoms with Crippen molar-refractivity contribution in [1.29, 1.82) is 0 Å². The van der Waals surface area contributed by atoms with E-state index in [9.17, 15) is 4.79 Å². The fourth-order valence-corrected chi connectivity index (χ4v) is 4.75. The van der Waals surface area contributed by atoms with Gasteiger partial charge in [-0.25, -0.2) is 0 Å². The van der Waals surface area contributed by atoms with Crippen molar-refractivity contribution in [2.24, 2.45) is 4.99 Å². The molecule has 2 aliphatic rings. The number of quaternary nitrogens is 1. The van der Waals surface area contributed by atoms with E-state index in [1.165, 1.54) is 4.90 Å². The van der Waals surface area contributed by atoms with Gasteiger partial charge < -0.3 is 4.90 Å². The van der Waals surface area contributed by atoms with Crippen LogP contribution in [0.25, 0.3) is 0 Å². The molecule has 4 rings (SSSR count). The van der Waals surface area contributed by atoms with Gasteiger partial charge in [0.1, 0.15) is 10.7 Å². The molecule has 4 nitrogen and oxygen atoms in total. The van der Waals surface area contributed by atoms with Crippen LogP contribution in [0.2, 0.25) is 5.02 Å². The molecule has 0 atom stereocenters. The highest BCUT2D eigenvalue weighted by molar-refractivity contribution is 7.82. The number of hydrogen-bond acceptors (Lipinski definition) is 3. The zero-order valence-electron chi connectivity index (χ0n) is 15.8. The molecule has 2 aromatic rings. The highest BCUT2D eigenvalue weighted by Crippen LogP contribution is 2.36. The molecule has 0 saturated carbocycles. The number of nitrogens with one attached hydrogen (secondary N) is 1. The van der Waals surface area contributed by atoms with E-state index < -0.39 is 5.66 Å². The van der Waals surface area contributed by atoms with Crippen LogP contribution in [0, 0.1) is 0 Å². The molecular formula is C22H23ClN3OS+. The van der Waals surface area contributed by atoms with E-state index in [0.29, 0.717) is 15.6 Å². The van der Waals surface area contributed by atoms with Crippen LogP contribution in [-0.2, 0) is 0 Å². The van der Waals surface area contributed by atoms with Gasteiger partial charge in [0.2, 0.25) is 0 Å². The first kappa shape index (κ1) is 19.2. The molecule has 144 valence electrons. The van der Waals surface area contributed by atoms with Crippen LogP contribution in [0.5, 0.6) is 0 Å². The third-order valence-electron chi connectivity index (χ3n) is 5.75. The number of benzene rings is 2. The number of aliphatic imine (C=N–C) groups is 1. The van der Waals surface area contributed by atoms with Gasteiger partial charge in [0, 0.05) is 18.4 Å². The Morgan fingerprint density at radius 1 is 1.14 bits per heavy atom. The SMILES string of the molecule is CC[NH+]1CCC2(CC1)N=C(c1ccccc1)C(=S)N2C(=O)c1ccccc1Cl. The maximum atomic E-state index is 13.6. The van der Waals surface area contributed by atoms with Gasteiger partial charge in [0.15, 0.2) is 5.66 Å². The normalized spacial score (nSPS) is 24.5. The van der Waals surface area contributed by atoms with Gasteiger partial charge >= 0.3 is 0 Å². The van der Waals surface area contributed by atoms with Crippen LogP contribution in [0.4, 0.5) is 0 Å². The Balaban J connectivity index is 1.77. The summed E-state index contributed by atoms with van der Waals surface area (Å²) in [6.07, 6.45) is 1.59. The Morgan fingerprint density at radius 3 is 2.43 bits per heavy atom. The first-order chi connectivity index (χ1) is 13.6. The summed E-state index contributed by atoms with van der Waals surface area (Å²) in [5.74, 6) is -0.162. The van der Waals surface area contributed by atoms with Gasteiger partial charge in [-0.3, -0.25) is 14.7 Å². The van der Waals surface area contributed by atoms with Crippen molar-refractivity contribution in [3.05, 3.63) is 70.7 Å². The van der Waals surface area contributed by atoms with Crippen molar-refractivity contribution >= 4 is 40.4 Å². The highest BCUT2D eigenvalue weighted by atomic mass is 35.5. The Hall–Kier alpha value is -2.08. The molecule has 0 unspecified atom stereocenters. The Labute approximate surface area is 175 Å². The third kappa shape index (κ3) is 3.28. The number of nitrogens with zero attached hydrogens (tertiary/aromatic N) is 2. The quantitative estimate of drug-likeness (QED) is 0.787. The lowest BCUT2D eigenvalue weighted by atomic mass is 9.95. The Kier molecular flexibility index (Phi) is 5.32. The molecule has 2 heterocycles. The fourth-order valence-electron chi connectivity index (χ4n) is 4.11. The second kappa shape index (κ2) is 7.74. The Bertz CT molecular complexity index is 936. The van der Waals surface area contributed by atoms with Gasteiger partial charge in [-0.15, -0.1) is 0 Å². The predicted molar refractivity (Wildman–Crippen MR) is 116 cm³/mol. The van der Waals surface area contributed by atoms with E-state index in [-0.39, 0.29) is 5.91 Å². The summed E-state index contributed by atoms with van der Waals surface area (Å²) in [6, 6.07) is 17.0. The molecule has 0 aliphatic carbocycles. The summed E-state index contributed by atoms with van der Waals surface area (Å²) < 4.78 is 0. The minimum Gasteiger partial charge on any atom is -0.335 e. The topological polar surface area (TPSA) is 37.1 Å². The standard InChI is InChI=1S/C22H22ClN3OS/c1-2-25-14-12-22(13-15-25)24-19(16-8-4-3-5-9-16)21(28)26(22)20(27)17-10-6-7-11-18(17)23/h3-11H,2,12-15H2,1H3/p+1. The van der Waals surface area contributed by atoms with Crippen molar-refractivity contribution < 1.29 is 9.69 Å². The average molecular weight is 413 g/mol. The fraction of sp³-hybridized carbons (Fsp3) is 0.318. The number of rotatable bonds is 3. The van der Waals surface area contributed by atoms with Crippen LogP contribution in [0.1, 0.15) is 35.7 Å². The van der Waals surface area contributed by atoms with Gasteiger partial charge in [-0.1, -0.05) is 66.3 Å². The molecule has 0 bridgehead atoms. The van der Waals surface area contributed by atoms with Gasteiger partial charge in [-0.05, 0) is 19.1 Å². The van der Waals surface area contributed by atoms with Gasteiger partial charge in [0.05, 0.1) is 30.2 Å². The van der Waals surface area contributed by atoms with Crippen LogP contribution < -0.4 is 4.90 Å². The van der Waals surface area contributed by atoms with E-state index in [2.05, 4.69) is 6.92 Å².